The van der Waals surface area contributed by atoms with Gasteiger partial charge in [-0.25, -0.2) is 4.98 Å². The third-order valence-electron chi connectivity index (χ3n) is 5.06. The Morgan fingerprint density at radius 1 is 1.24 bits per heavy atom. The number of nitrogens with one attached hydrogen (secondary N) is 1. The van der Waals surface area contributed by atoms with Crippen LogP contribution in [0.3, 0.4) is 0 Å². The maximum Gasteiger partial charge on any atom is 0.254 e. The lowest BCUT2D eigenvalue weighted by Crippen LogP contribution is -2.42. The summed E-state index contributed by atoms with van der Waals surface area (Å²) in [6, 6.07) is 12.0. The van der Waals surface area contributed by atoms with E-state index in [1.54, 1.807) is 0 Å². The molecule has 2 heterocycles. The normalized spacial score (nSPS) is 19.6. The lowest BCUT2D eigenvalue weighted by Gasteiger charge is -2.33. The maximum atomic E-state index is 12.9. The highest BCUT2D eigenvalue weighted by atomic mass is 16.5. The number of rotatable bonds is 3. The number of hydrogen-bond acceptors (Lipinski definition) is 4. The van der Waals surface area contributed by atoms with E-state index in [4.69, 9.17) is 4.74 Å². The van der Waals surface area contributed by atoms with E-state index in [2.05, 4.69) is 22.4 Å². The van der Waals surface area contributed by atoms with Gasteiger partial charge >= 0.3 is 0 Å². The Balaban J connectivity index is 1.51. The first-order chi connectivity index (χ1) is 12.2. The molecule has 1 N–H and O–H groups in total. The van der Waals surface area contributed by atoms with E-state index in [1.165, 1.54) is 17.5 Å². The lowest BCUT2D eigenvalue weighted by atomic mass is 10.0. The molecule has 1 unspecified atom stereocenters. The molecule has 2 aromatic rings. The highest BCUT2D eigenvalue weighted by Gasteiger charge is 2.27. The van der Waals surface area contributed by atoms with Gasteiger partial charge in [0, 0.05) is 19.2 Å². The van der Waals surface area contributed by atoms with Crippen molar-refractivity contribution in [1.82, 2.24) is 9.88 Å². The van der Waals surface area contributed by atoms with Crippen molar-refractivity contribution in [2.75, 3.05) is 32.1 Å². The molecule has 1 aliphatic heterocycles. The largest absolute Gasteiger partial charge is 0.373 e. The molecule has 5 heteroatoms. The van der Waals surface area contributed by atoms with Gasteiger partial charge in [-0.3, -0.25) is 4.79 Å². The Labute approximate surface area is 148 Å². The fourth-order valence-corrected chi connectivity index (χ4v) is 3.67. The Morgan fingerprint density at radius 3 is 3.00 bits per heavy atom. The molecular weight excluding hydrogens is 314 g/mol. The number of aryl methyl sites for hydroxylation is 2. The summed E-state index contributed by atoms with van der Waals surface area (Å²) in [7, 11) is 1.84. The number of carbonyl (C=O) groups is 1. The summed E-state index contributed by atoms with van der Waals surface area (Å²) in [5.74, 6) is 0.899. The highest BCUT2D eigenvalue weighted by molar-refractivity contribution is 5.94. The van der Waals surface area contributed by atoms with Crippen LogP contribution in [0.2, 0.25) is 0 Å². The summed E-state index contributed by atoms with van der Waals surface area (Å²) < 4.78 is 5.87. The molecule has 2 aliphatic rings. The van der Waals surface area contributed by atoms with Gasteiger partial charge in [0.2, 0.25) is 0 Å². The number of aromatic nitrogens is 1. The molecule has 1 saturated heterocycles. The van der Waals surface area contributed by atoms with Crippen LogP contribution < -0.4 is 5.32 Å². The molecule has 1 aromatic heterocycles. The summed E-state index contributed by atoms with van der Waals surface area (Å²) in [5.41, 5.74) is 4.38. The van der Waals surface area contributed by atoms with Gasteiger partial charge in [0.1, 0.15) is 11.9 Å². The van der Waals surface area contributed by atoms with Crippen LogP contribution in [-0.2, 0) is 17.6 Å². The number of anilines is 1. The van der Waals surface area contributed by atoms with Gasteiger partial charge in [0.15, 0.2) is 0 Å². The quantitative estimate of drug-likeness (QED) is 0.936. The molecule has 1 atom stereocenters. The second-order valence-corrected chi connectivity index (χ2v) is 6.65. The van der Waals surface area contributed by atoms with Crippen molar-refractivity contribution in [1.29, 1.82) is 0 Å². The van der Waals surface area contributed by atoms with Gasteiger partial charge in [-0.15, -0.1) is 0 Å². The Kier molecular flexibility index (Phi) is 4.40. The number of pyridine rings is 1. The molecule has 1 amide bonds. The maximum absolute atomic E-state index is 12.9. The number of carbonyl (C=O) groups excluding carboxylic acids is 1. The SMILES string of the molecule is CNc1cccc(C2CN(C(=O)c3ccc4c(c3)CCC4)CCO2)n1. The monoisotopic (exact) mass is 337 g/mol. The zero-order chi connectivity index (χ0) is 17.2. The second-order valence-electron chi connectivity index (χ2n) is 6.65. The van der Waals surface area contributed by atoms with E-state index in [-0.39, 0.29) is 12.0 Å². The number of amides is 1. The van der Waals surface area contributed by atoms with Crippen LogP contribution in [-0.4, -0.2) is 42.5 Å². The fourth-order valence-electron chi connectivity index (χ4n) is 3.67. The molecule has 0 radical (unpaired) electrons. The van der Waals surface area contributed by atoms with Crippen molar-refractivity contribution in [2.45, 2.75) is 25.4 Å². The van der Waals surface area contributed by atoms with Crippen LogP contribution in [0.4, 0.5) is 5.82 Å². The van der Waals surface area contributed by atoms with Gasteiger partial charge in [-0.2, -0.15) is 0 Å². The third kappa shape index (κ3) is 3.24. The topological polar surface area (TPSA) is 54.5 Å². The van der Waals surface area contributed by atoms with Crippen LogP contribution in [0.25, 0.3) is 0 Å². The molecule has 0 bridgehead atoms. The summed E-state index contributed by atoms with van der Waals surface area (Å²) in [5, 5.41) is 3.04. The fraction of sp³-hybridized carbons (Fsp3) is 0.400. The Morgan fingerprint density at radius 2 is 2.12 bits per heavy atom. The number of hydrogen-bond donors (Lipinski definition) is 1. The average molecular weight is 337 g/mol. The number of benzene rings is 1. The second kappa shape index (κ2) is 6.84. The first-order valence-corrected chi connectivity index (χ1v) is 8.92. The predicted octanol–water partition coefficient (Wildman–Crippen LogP) is 2.83. The van der Waals surface area contributed by atoms with E-state index >= 15 is 0 Å². The number of nitrogens with zero attached hydrogens (tertiary/aromatic N) is 2. The minimum Gasteiger partial charge on any atom is -0.373 e. The first-order valence-electron chi connectivity index (χ1n) is 8.92. The minimum atomic E-state index is -0.180. The Hall–Kier alpha value is -2.40. The molecule has 0 spiro atoms. The van der Waals surface area contributed by atoms with Crippen molar-refractivity contribution in [2.24, 2.45) is 0 Å². The summed E-state index contributed by atoms with van der Waals surface area (Å²) in [6.07, 6.45) is 3.24. The van der Waals surface area contributed by atoms with Crippen molar-refractivity contribution in [3.05, 3.63) is 58.8 Å². The molecule has 4 rings (SSSR count). The number of fused-ring (bicyclic) bond motifs is 1. The molecule has 130 valence electrons. The van der Waals surface area contributed by atoms with Gasteiger partial charge in [-0.1, -0.05) is 12.1 Å². The van der Waals surface area contributed by atoms with Crippen LogP contribution in [0, 0.1) is 0 Å². The van der Waals surface area contributed by atoms with Gasteiger partial charge < -0.3 is 15.0 Å². The molecule has 25 heavy (non-hydrogen) atoms. The molecule has 1 aromatic carbocycles. The van der Waals surface area contributed by atoms with E-state index in [0.717, 1.165) is 29.9 Å². The zero-order valence-electron chi connectivity index (χ0n) is 14.5. The third-order valence-corrected chi connectivity index (χ3v) is 5.06. The molecule has 1 fully saturated rings. The van der Waals surface area contributed by atoms with Gasteiger partial charge in [-0.05, 0) is 54.7 Å². The summed E-state index contributed by atoms with van der Waals surface area (Å²) >= 11 is 0. The highest BCUT2D eigenvalue weighted by Crippen LogP contribution is 2.26. The standard InChI is InChI=1S/C20H23N3O2/c1-21-19-7-3-6-17(22-19)18-13-23(10-11-25-18)20(24)16-9-8-14-4-2-5-15(14)12-16/h3,6-9,12,18H,2,4-5,10-11,13H2,1H3,(H,21,22). The van der Waals surface area contributed by atoms with Crippen LogP contribution in [0.15, 0.2) is 36.4 Å². The smallest absolute Gasteiger partial charge is 0.254 e. The Bertz CT molecular complexity index is 790. The van der Waals surface area contributed by atoms with Gasteiger partial charge in [0.05, 0.1) is 18.8 Å². The molecule has 0 saturated carbocycles. The molecule has 1 aliphatic carbocycles. The number of ether oxygens (including phenoxy) is 1. The zero-order valence-corrected chi connectivity index (χ0v) is 14.5. The predicted molar refractivity (Wildman–Crippen MR) is 96.8 cm³/mol. The van der Waals surface area contributed by atoms with E-state index in [9.17, 15) is 4.79 Å². The lowest BCUT2D eigenvalue weighted by molar-refractivity contribution is -0.0246. The van der Waals surface area contributed by atoms with E-state index in [1.807, 2.05) is 36.2 Å². The average Bonchev–Trinajstić information content (AvgIpc) is 3.15. The molecule has 5 nitrogen and oxygen atoms in total. The van der Waals surface area contributed by atoms with Crippen LogP contribution in [0.5, 0.6) is 0 Å². The van der Waals surface area contributed by atoms with E-state index < -0.39 is 0 Å². The van der Waals surface area contributed by atoms with Crippen LogP contribution in [0.1, 0.15) is 39.7 Å². The summed E-state index contributed by atoms with van der Waals surface area (Å²) in [6.45, 7) is 1.70. The summed E-state index contributed by atoms with van der Waals surface area (Å²) in [4.78, 5) is 19.4. The van der Waals surface area contributed by atoms with Crippen molar-refractivity contribution < 1.29 is 9.53 Å². The van der Waals surface area contributed by atoms with Gasteiger partial charge in [0.25, 0.3) is 5.91 Å². The molecular formula is C20H23N3O2. The minimum absolute atomic E-state index is 0.0905. The van der Waals surface area contributed by atoms with Crippen molar-refractivity contribution in [3.63, 3.8) is 0 Å². The first kappa shape index (κ1) is 16.1. The number of morpholine rings is 1. The van der Waals surface area contributed by atoms with Crippen molar-refractivity contribution >= 4 is 11.7 Å². The van der Waals surface area contributed by atoms with E-state index in [0.29, 0.717) is 19.7 Å². The van der Waals surface area contributed by atoms with Crippen LogP contribution >= 0.6 is 0 Å². The van der Waals surface area contributed by atoms with Crippen molar-refractivity contribution in [3.8, 4) is 0 Å².